The summed E-state index contributed by atoms with van der Waals surface area (Å²) in [6, 6.07) is 15.7. The summed E-state index contributed by atoms with van der Waals surface area (Å²) in [5.41, 5.74) is 2.97. The minimum atomic E-state index is -0.292. The molecule has 0 radical (unpaired) electrons. The predicted octanol–water partition coefficient (Wildman–Crippen LogP) is 5.12. The first-order chi connectivity index (χ1) is 13.5. The van der Waals surface area contributed by atoms with E-state index >= 15 is 0 Å². The number of hydrogen-bond donors (Lipinski definition) is 1. The van der Waals surface area contributed by atoms with Crippen molar-refractivity contribution in [1.29, 1.82) is 0 Å². The summed E-state index contributed by atoms with van der Waals surface area (Å²) in [5.74, 6) is 1.10. The quantitative estimate of drug-likeness (QED) is 0.564. The molecule has 5 nitrogen and oxygen atoms in total. The van der Waals surface area contributed by atoms with Crippen LogP contribution in [0.15, 0.2) is 66.1 Å². The van der Waals surface area contributed by atoms with Gasteiger partial charge < -0.3 is 10.1 Å². The van der Waals surface area contributed by atoms with E-state index in [2.05, 4.69) is 30.2 Å². The molecule has 146 valence electrons. The molecule has 0 fully saturated rings. The monoisotopic (exact) mass is 395 g/mol. The molecule has 6 heteroatoms. The number of nitrogens with zero attached hydrogens (tertiary/aromatic N) is 2. The van der Waals surface area contributed by atoms with Crippen LogP contribution < -0.4 is 10.1 Å². The second kappa shape index (κ2) is 8.97. The van der Waals surface area contributed by atoms with Gasteiger partial charge in [-0.25, -0.2) is 4.98 Å². The van der Waals surface area contributed by atoms with E-state index in [0.29, 0.717) is 5.92 Å². The Morgan fingerprint density at radius 1 is 1.11 bits per heavy atom. The Hall–Kier alpha value is -2.73. The van der Waals surface area contributed by atoms with Gasteiger partial charge in [0.2, 0.25) is 5.91 Å². The second-order valence-corrected chi connectivity index (χ2v) is 8.08. The average Bonchev–Trinajstić information content (AvgIpc) is 3.16. The van der Waals surface area contributed by atoms with E-state index in [1.165, 1.54) is 11.8 Å². The number of ether oxygens (including phenoxy) is 1. The van der Waals surface area contributed by atoms with Gasteiger partial charge in [-0.1, -0.05) is 43.8 Å². The largest absolute Gasteiger partial charge is 0.497 e. The van der Waals surface area contributed by atoms with Gasteiger partial charge in [-0.05, 0) is 48.7 Å². The molecule has 0 aliphatic rings. The van der Waals surface area contributed by atoms with Crippen molar-refractivity contribution in [3.05, 3.63) is 66.5 Å². The number of carbonyl (C=O) groups is 1. The van der Waals surface area contributed by atoms with Crippen LogP contribution in [0.1, 0.15) is 32.3 Å². The molecule has 3 aromatic rings. The van der Waals surface area contributed by atoms with Crippen LogP contribution in [0, 0.1) is 0 Å². The Kier molecular flexibility index (Phi) is 6.41. The van der Waals surface area contributed by atoms with Crippen molar-refractivity contribution in [1.82, 2.24) is 9.55 Å². The normalized spacial score (nSPS) is 12.0. The fourth-order valence-electron chi connectivity index (χ4n) is 2.88. The van der Waals surface area contributed by atoms with Crippen LogP contribution in [-0.2, 0) is 4.79 Å². The molecule has 0 saturated carbocycles. The summed E-state index contributed by atoms with van der Waals surface area (Å²) in [7, 11) is 1.64. The average molecular weight is 396 g/mol. The lowest BCUT2D eigenvalue weighted by atomic mass is 10.0. The van der Waals surface area contributed by atoms with E-state index in [1.807, 2.05) is 60.2 Å². The highest BCUT2D eigenvalue weighted by atomic mass is 32.2. The molecule has 1 amide bonds. The van der Waals surface area contributed by atoms with Gasteiger partial charge in [-0.15, -0.1) is 0 Å². The van der Waals surface area contributed by atoms with Crippen LogP contribution in [-0.4, -0.2) is 27.8 Å². The minimum Gasteiger partial charge on any atom is -0.497 e. The Morgan fingerprint density at radius 3 is 2.50 bits per heavy atom. The summed E-state index contributed by atoms with van der Waals surface area (Å²) in [6.07, 6.45) is 3.63. The molecule has 1 atom stereocenters. The lowest BCUT2D eigenvalue weighted by molar-refractivity contribution is -0.115. The molecule has 1 heterocycles. The molecule has 0 saturated heterocycles. The second-order valence-electron chi connectivity index (χ2n) is 6.77. The van der Waals surface area contributed by atoms with E-state index in [1.54, 1.807) is 13.3 Å². The van der Waals surface area contributed by atoms with Gasteiger partial charge in [-0.3, -0.25) is 9.36 Å². The molecule has 0 spiro atoms. The number of para-hydroxylation sites is 1. The molecule has 28 heavy (non-hydrogen) atoms. The Balaban J connectivity index is 1.72. The van der Waals surface area contributed by atoms with Crippen LogP contribution >= 0.6 is 11.8 Å². The lowest BCUT2D eigenvalue weighted by Crippen LogP contribution is -2.23. The van der Waals surface area contributed by atoms with Crippen molar-refractivity contribution in [2.45, 2.75) is 37.1 Å². The van der Waals surface area contributed by atoms with Crippen molar-refractivity contribution in [3.8, 4) is 11.4 Å². The molecular formula is C22H25N3O2S. The first-order valence-electron chi connectivity index (χ1n) is 9.23. The maximum Gasteiger partial charge on any atom is 0.237 e. The first-order valence-corrected chi connectivity index (χ1v) is 10.1. The SMILES string of the molecule is COc1ccc(-n2ccnc2SC(C)C(=O)Nc2ccccc2C(C)C)cc1. The first kappa shape index (κ1) is 20.0. The number of rotatable bonds is 7. The summed E-state index contributed by atoms with van der Waals surface area (Å²) < 4.78 is 7.18. The van der Waals surface area contributed by atoms with Crippen molar-refractivity contribution >= 4 is 23.4 Å². The number of imidazole rings is 1. The summed E-state index contributed by atoms with van der Waals surface area (Å²) >= 11 is 1.43. The summed E-state index contributed by atoms with van der Waals surface area (Å²) in [5, 5.41) is 3.54. The highest BCUT2D eigenvalue weighted by Gasteiger charge is 2.19. The molecule has 1 aromatic heterocycles. The van der Waals surface area contributed by atoms with Crippen LogP contribution in [0.3, 0.4) is 0 Å². The van der Waals surface area contributed by atoms with Gasteiger partial charge in [0, 0.05) is 23.8 Å². The number of aromatic nitrogens is 2. The summed E-state index contributed by atoms with van der Waals surface area (Å²) in [4.78, 5) is 17.2. The predicted molar refractivity (Wildman–Crippen MR) is 115 cm³/mol. The van der Waals surface area contributed by atoms with Gasteiger partial charge in [-0.2, -0.15) is 0 Å². The Morgan fingerprint density at radius 2 is 1.82 bits per heavy atom. The van der Waals surface area contributed by atoms with Gasteiger partial charge >= 0.3 is 0 Å². The van der Waals surface area contributed by atoms with Crippen molar-refractivity contribution < 1.29 is 9.53 Å². The van der Waals surface area contributed by atoms with E-state index < -0.39 is 0 Å². The standard InChI is InChI=1S/C22H25N3O2S/c1-15(2)19-7-5-6-8-20(19)24-21(26)16(3)28-22-23-13-14-25(22)17-9-11-18(27-4)12-10-17/h5-16H,1-4H3,(H,24,26). The van der Waals surface area contributed by atoms with Crippen molar-refractivity contribution in [3.63, 3.8) is 0 Å². The Bertz CT molecular complexity index is 935. The fraction of sp³-hybridized carbons (Fsp3) is 0.273. The number of hydrogen-bond acceptors (Lipinski definition) is 4. The van der Waals surface area contributed by atoms with E-state index in [9.17, 15) is 4.79 Å². The maximum atomic E-state index is 12.8. The van der Waals surface area contributed by atoms with Crippen LogP contribution in [0.5, 0.6) is 5.75 Å². The third-order valence-electron chi connectivity index (χ3n) is 4.45. The zero-order chi connectivity index (χ0) is 20.1. The molecule has 1 N–H and O–H groups in total. The van der Waals surface area contributed by atoms with E-state index in [4.69, 9.17) is 4.74 Å². The minimum absolute atomic E-state index is 0.0395. The lowest BCUT2D eigenvalue weighted by Gasteiger charge is -2.16. The smallest absolute Gasteiger partial charge is 0.237 e. The molecule has 3 rings (SSSR count). The molecule has 0 bridgehead atoms. The number of thioether (sulfide) groups is 1. The van der Waals surface area contributed by atoms with Crippen LogP contribution in [0.4, 0.5) is 5.69 Å². The fourth-order valence-corrected chi connectivity index (χ4v) is 3.76. The highest BCUT2D eigenvalue weighted by molar-refractivity contribution is 8.00. The number of amides is 1. The van der Waals surface area contributed by atoms with Gasteiger partial charge in [0.1, 0.15) is 5.75 Å². The third-order valence-corrected chi connectivity index (χ3v) is 5.53. The third kappa shape index (κ3) is 4.57. The number of benzene rings is 2. The zero-order valence-electron chi connectivity index (χ0n) is 16.5. The molecule has 1 unspecified atom stereocenters. The van der Waals surface area contributed by atoms with Crippen LogP contribution in [0.2, 0.25) is 0 Å². The number of carbonyl (C=O) groups excluding carboxylic acids is 1. The highest BCUT2D eigenvalue weighted by Crippen LogP contribution is 2.28. The van der Waals surface area contributed by atoms with Crippen molar-refractivity contribution in [2.75, 3.05) is 12.4 Å². The maximum absolute atomic E-state index is 12.8. The van der Waals surface area contributed by atoms with Gasteiger partial charge in [0.15, 0.2) is 5.16 Å². The van der Waals surface area contributed by atoms with Crippen LogP contribution in [0.25, 0.3) is 5.69 Å². The number of nitrogens with one attached hydrogen (secondary N) is 1. The number of anilines is 1. The van der Waals surface area contributed by atoms with Gasteiger partial charge in [0.25, 0.3) is 0 Å². The zero-order valence-corrected chi connectivity index (χ0v) is 17.4. The van der Waals surface area contributed by atoms with Gasteiger partial charge in [0.05, 0.1) is 12.4 Å². The molecular weight excluding hydrogens is 370 g/mol. The molecule has 0 aliphatic heterocycles. The molecule has 0 aliphatic carbocycles. The number of methoxy groups -OCH3 is 1. The van der Waals surface area contributed by atoms with E-state index in [-0.39, 0.29) is 11.2 Å². The Labute approximate surface area is 170 Å². The van der Waals surface area contributed by atoms with E-state index in [0.717, 1.165) is 27.8 Å². The summed E-state index contributed by atoms with van der Waals surface area (Å²) in [6.45, 7) is 6.13. The topological polar surface area (TPSA) is 56.2 Å². The van der Waals surface area contributed by atoms with Crippen molar-refractivity contribution in [2.24, 2.45) is 0 Å². The molecule has 2 aromatic carbocycles.